The lowest BCUT2D eigenvalue weighted by atomic mass is 10.0. The summed E-state index contributed by atoms with van der Waals surface area (Å²) in [6.45, 7) is 1.28. The number of nitrogens with zero attached hydrogens (tertiary/aromatic N) is 2. The number of amides is 1. The van der Waals surface area contributed by atoms with Gasteiger partial charge in [-0.3, -0.25) is 9.59 Å². The number of hydrogen-bond donors (Lipinski definition) is 0. The molecule has 130 valence electrons. The number of ether oxygens (including phenoxy) is 1. The molecule has 1 atom stereocenters. The Labute approximate surface area is 145 Å². The molecule has 2 aromatic rings. The van der Waals surface area contributed by atoms with Crippen molar-refractivity contribution in [3.8, 4) is 0 Å². The van der Waals surface area contributed by atoms with Gasteiger partial charge in [-0.05, 0) is 12.8 Å². The standard InChI is InChI=1S/C19H20N2O4/c22-17(13-4-2-1-3-5-13)10-15-12-24-9-8-21(15)19(23)16-11-18(25-20-16)14-6-7-14/h1-5,11,14-15H,6-10,12H2. The monoisotopic (exact) mass is 340 g/mol. The lowest BCUT2D eigenvalue weighted by Gasteiger charge is -2.34. The van der Waals surface area contributed by atoms with Gasteiger partial charge in [-0.2, -0.15) is 0 Å². The number of hydrogen-bond acceptors (Lipinski definition) is 5. The fraction of sp³-hybridized carbons (Fsp3) is 0.421. The minimum atomic E-state index is -0.282. The third kappa shape index (κ3) is 3.49. The molecule has 0 radical (unpaired) electrons. The second kappa shape index (κ2) is 6.80. The van der Waals surface area contributed by atoms with E-state index in [1.165, 1.54) is 0 Å². The third-order valence-corrected chi connectivity index (χ3v) is 4.73. The first-order chi connectivity index (χ1) is 12.2. The lowest BCUT2D eigenvalue weighted by molar-refractivity contribution is -0.00329. The summed E-state index contributed by atoms with van der Waals surface area (Å²) < 4.78 is 10.8. The number of benzene rings is 1. The van der Waals surface area contributed by atoms with E-state index in [1.807, 2.05) is 18.2 Å². The average Bonchev–Trinajstić information content (AvgIpc) is 3.39. The van der Waals surface area contributed by atoms with Gasteiger partial charge in [0.05, 0.1) is 19.3 Å². The zero-order chi connectivity index (χ0) is 17.2. The summed E-state index contributed by atoms with van der Waals surface area (Å²) in [6.07, 6.45) is 2.42. The maximum Gasteiger partial charge on any atom is 0.276 e. The molecule has 4 rings (SSSR count). The topological polar surface area (TPSA) is 72.6 Å². The number of ketones is 1. The summed E-state index contributed by atoms with van der Waals surface area (Å²) in [7, 11) is 0. The van der Waals surface area contributed by atoms with Crippen LogP contribution in [0.15, 0.2) is 40.9 Å². The Morgan fingerprint density at radius 2 is 2.00 bits per heavy atom. The Kier molecular flexibility index (Phi) is 4.36. The van der Waals surface area contributed by atoms with Gasteiger partial charge in [-0.25, -0.2) is 0 Å². The van der Waals surface area contributed by atoms with Crippen molar-refractivity contribution in [3.05, 3.63) is 53.4 Å². The van der Waals surface area contributed by atoms with Crippen LogP contribution >= 0.6 is 0 Å². The highest BCUT2D eigenvalue weighted by Crippen LogP contribution is 2.40. The van der Waals surface area contributed by atoms with Crippen LogP contribution in [0.4, 0.5) is 0 Å². The minimum Gasteiger partial charge on any atom is -0.377 e. The molecule has 1 saturated carbocycles. The SMILES string of the molecule is O=C(CC1COCCN1C(=O)c1cc(C2CC2)on1)c1ccccc1. The summed E-state index contributed by atoms with van der Waals surface area (Å²) >= 11 is 0. The molecule has 2 aliphatic rings. The van der Waals surface area contributed by atoms with Crippen molar-refractivity contribution in [2.75, 3.05) is 19.8 Å². The molecular formula is C19H20N2O4. The van der Waals surface area contributed by atoms with E-state index < -0.39 is 0 Å². The van der Waals surface area contributed by atoms with E-state index in [9.17, 15) is 9.59 Å². The molecule has 1 aromatic heterocycles. The van der Waals surface area contributed by atoms with Crippen molar-refractivity contribution >= 4 is 11.7 Å². The summed E-state index contributed by atoms with van der Waals surface area (Å²) in [6, 6.07) is 10.6. The summed E-state index contributed by atoms with van der Waals surface area (Å²) in [5.74, 6) is 1.01. The molecule has 6 nitrogen and oxygen atoms in total. The van der Waals surface area contributed by atoms with Gasteiger partial charge in [-0.15, -0.1) is 0 Å². The molecule has 1 aliphatic carbocycles. The van der Waals surface area contributed by atoms with Crippen LogP contribution in [0, 0.1) is 0 Å². The van der Waals surface area contributed by atoms with Crippen molar-refractivity contribution in [1.29, 1.82) is 0 Å². The number of morpholine rings is 1. The van der Waals surface area contributed by atoms with Crippen molar-refractivity contribution in [3.63, 3.8) is 0 Å². The van der Waals surface area contributed by atoms with Crippen molar-refractivity contribution in [1.82, 2.24) is 10.1 Å². The molecule has 25 heavy (non-hydrogen) atoms. The normalized spacial score (nSPS) is 20.5. The van der Waals surface area contributed by atoms with Gasteiger partial charge in [0.25, 0.3) is 5.91 Å². The number of carbonyl (C=O) groups is 2. The molecule has 1 aliphatic heterocycles. The Balaban J connectivity index is 1.48. The Morgan fingerprint density at radius 1 is 1.20 bits per heavy atom. The largest absolute Gasteiger partial charge is 0.377 e. The molecule has 0 bridgehead atoms. The van der Waals surface area contributed by atoms with Crippen LogP contribution in [-0.4, -0.2) is 47.5 Å². The predicted molar refractivity (Wildman–Crippen MR) is 89.5 cm³/mol. The first kappa shape index (κ1) is 16.0. The van der Waals surface area contributed by atoms with E-state index in [1.54, 1.807) is 23.1 Å². The van der Waals surface area contributed by atoms with Gasteiger partial charge in [0.2, 0.25) is 0 Å². The van der Waals surface area contributed by atoms with Gasteiger partial charge in [0.15, 0.2) is 11.5 Å². The van der Waals surface area contributed by atoms with Crippen molar-refractivity contribution in [2.45, 2.75) is 31.2 Å². The highest BCUT2D eigenvalue weighted by molar-refractivity contribution is 5.97. The molecule has 1 amide bonds. The highest BCUT2D eigenvalue weighted by Gasteiger charge is 2.33. The van der Waals surface area contributed by atoms with Gasteiger partial charge in [0, 0.05) is 30.5 Å². The van der Waals surface area contributed by atoms with E-state index in [4.69, 9.17) is 9.26 Å². The molecule has 0 N–H and O–H groups in total. The second-order valence-corrected chi connectivity index (χ2v) is 6.61. The summed E-state index contributed by atoms with van der Waals surface area (Å²) in [5.41, 5.74) is 0.971. The molecule has 1 unspecified atom stereocenters. The maximum atomic E-state index is 12.8. The van der Waals surface area contributed by atoms with Gasteiger partial charge >= 0.3 is 0 Å². The summed E-state index contributed by atoms with van der Waals surface area (Å²) in [5, 5.41) is 3.93. The maximum absolute atomic E-state index is 12.8. The van der Waals surface area contributed by atoms with Crippen LogP contribution in [-0.2, 0) is 4.74 Å². The number of aromatic nitrogens is 1. The predicted octanol–water partition coefficient (Wildman–Crippen LogP) is 2.67. The Morgan fingerprint density at radius 3 is 2.76 bits per heavy atom. The van der Waals surface area contributed by atoms with Crippen molar-refractivity contribution < 1.29 is 18.8 Å². The fourth-order valence-electron chi connectivity index (χ4n) is 3.14. The first-order valence-corrected chi connectivity index (χ1v) is 8.66. The summed E-state index contributed by atoms with van der Waals surface area (Å²) in [4.78, 5) is 27.0. The number of Topliss-reactive ketones (excluding diaryl/α,β-unsaturated/α-hetero) is 1. The van der Waals surface area contributed by atoms with Gasteiger partial charge < -0.3 is 14.2 Å². The Hall–Kier alpha value is -2.47. The molecule has 2 heterocycles. The van der Waals surface area contributed by atoms with Crippen LogP contribution in [0.5, 0.6) is 0 Å². The molecular weight excluding hydrogens is 320 g/mol. The number of carbonyl (C=O) groups excluding carboxylic acids is 2. The van der Waals surface area contributed by atoms with Crippen molar-refractivity contribution in [2.24, 2.45) is 0 Å². The smallest absolute Gasteiger partial charge is 0.276 e. The van der Waals surface area contributed by atoms with Crippen LogP contribution in [0.3, 0.4) is 0 Å². The van der Waals surface area contributed by atoms with Gasteiger partial charge in [0.1, 0.15) is 5.76 Å². The number of rotatable bonds is 5. The van der Waals surface area contributed by atoms with Crippen LogP contribution in [0.1, 0.15) is 51.8 Å². The highest BCUT2D eigenvalue weighted by atomic mass is 16.5. The Bertz CT molecular complexity index is 767. The van der Waals surface area contributed by atoms with E-state index in [0.29, 0.717) is 36.9 Å². The fourth-order valence-corrected chi connectivity index (χ4v) is 3.14. The second-order valence-electron chi connectivity index (χ2n) is 6.61. The van der Waals surface area contributed by atoms with Crippen LogP contribution in [0.25, 0.3) is 0 Å². The average molecular weight is 340 g/mol. The minimum absolute atomic E-state index is 0.00715. The molecule has 0 spiro atoms. The van der Waals surface area contributed by atoms with E-state index in [-0.39, 0.29) is 24.2 Å². The third-order valence-electron chi connectivity index (χ3n) is 4.73. The van der Waals surface area contributed by atoms with Gasteiger partial charge in [-0.1, -0.05) is 35.5 Å². The quantitative estimate of drug-likeness (QED) is 0.783. The first-order valence-electron chi connectivity index (χ1n) is 8.66. The van der Waals surface area contributed by atoms with Crippen LogP contribution in [0.2, 0.25) is 0 Å². The van der Waals surface area contributed by atoms with Crippen LogP contribution < -0.4 is 0 Å². The zero-order valence-electron chi connectivity index (χ0n) is 13.9. The molecule has 1 saturated heterocycles. The van der Waals surface area contributed by atoms with E-state index >= 15 is 0 Å². The van der Waals surface area contributed by atoms with E-state index in [2.05, 4.69) is 5.16 Å². The zero-order valence-corrected chi connectivity index (χ0v) is 13.9. The van der Waals surface area contributed by atoms with E-state index in [0.717, 1.165) is 18.6 Å². The molecule has 2 fully saturated rings. The molecule has 1 aromatic carbocycles. The lowest BCUT2D eigenvalue weighted by Crippen LogP contribution is -2.49. The molecule has 6 heteroatoms.